The molecule has 5 nitrogen and oxygen atoms in total. The maximum Gasteiger partial charge on any atom is 0.257 e. The van der Waals surface area contributed by atoms with Crippen LogP contribution in [-0.2, 0) is 6.42 Å². The van der Waals surface area contributed by atoms with Gasteiger partial charge in [-0.3, -0.25) is 9.69 Å². The number of hydrogen-bond acceptors (Lipinski definition) is 4. The van der Waals surface area contributed by atoms with Gasteiger partial charge in [0.2, 0.25) is 0 Å². The first-order chi connectivity index (χ1) is 11.6. The molecule has 0 radical (unpaired) electrons. The van der Waals surface area contributed by atoms with Gasteiger partial charge in [-0.25, -0.2) is 0 Å². The number of amides is 1. The van der Waals surface area contributed by atoms with Gasteiger partial charge in [0.15, 0.2) is 0 Å². The fourth-order valence-corrected chi connectivity index (χ4v) is 3.41. The molecular weight excluding hydrogens is 302 g/mol. The normalized spacial score (nSPS) is 19.4. The summed E-state index contributed by atoms with van der Waals surface area (Å²) in [5.41, 5.74) is 2.65. The van der Waals surface area contributed by atoms with Crippen LogP contribution in [0.4, 0.5) is 0 Å². The van der Waals surface area contributed by atoms with Gasteiger partial charge in [-0.05, 0) is 32.3 Å². The Morgan fingerprint density at radius 2 is 2.17 bits per heavy atom. The number of nitrogens with zero attached hydrogens (tertiary/aromatic N) is 2. The Bertz CT molecular complexity index is 696. The van der Waals surface area contributed by atoms with Crippen molar-refractivity contribution < 1.29 is 9.32 Å². The zero-order valence-electron chi connectivity index (χ0n) is 14.6. The number of rotatable bonds is 5. The van der Waals surface area contributed by atoms with E-state index in [0.29, 0.717) is 23.8 Å². The molecule has 1 aromatic carbocycles. The minimum Gasteiger partial charge on any atom is -0.361 e. The van der Waals surface area contributed by atoms with E-state index in [-0.39, 0.29) is 11.9 Å². The third-order valence-corrected chi connectivity index (χ3v) is 4.88. The molecule has 1 saturated heterocycles. The molecule has 5 heteroatoms. The van der Waals surface area contributed by atoms with E-state index in [1.165, 1.54) is 5.56 Å². The average Bonchev–Trinajstić information content (AvgIpc) is 3.21. The average molecular weight is 327 g/mol. The highest BCUT2D eigenvalue weighted by Crippen LogP contribution is 2.25. The standard InChI is InChI=1S/C19H25N3O2/c1-4-17-18(14(3)24-21-17)19(23)20-16-10-11-22(12-16)13(2)15-8-6-5-7-9-15/h5-9,13,16H,4,10-12H2,1-3H3,(H,20,23)/t13-,16+/m1/s1. The van der Waals surface area contributed by atoms with E-state index in [1.54, 1.807) is 6.92 Å². The lowest BCUT2D eigenvalue weighted by Gasteiger charge is -2.24. The van der Waals surface area contributed by atoms with Crippen LogP contribution in [0.15, 0.2) is 34.9 Å². The first-order valence-corrected chi connectivity index (χ1v) is 8.65. The summed E-state index contributed by atoms with van der Waals surface area (Å²) in [7, 11) is 0. The summed E-state index contributed by atoms with van der Waals surface area (Å²) >= 11 is 0. The second-order valence-electron chi connectivity index (χ2n) is 6.45. The Hall–Kier alpha value is -2.14. The van der Waals surface area contributed by atoms with Gasteiger partial charge in [0.1, 0.15) is 11.3 Å². The van der Waals surface area contributed by atoms with E-state index in [4.69, 9.17) is 4.52 Å². The molecule has 2 atom stereocenters. The van der Waals surface area contributed by atoms with Gasteiger partial charge in [0.25, 0.3) is 5.91 Å². The van der Waals surface area contributed by atoms with Gasteiger partial charge in [-0.15, -0.1) is 0 Å². The molecule has 1 fully saturated rings. The number of hydrogen-bond donors (Lipinski definition) is 1. The van der Waals surface area contributed by atoms with Crippen LogP contribution in [0.1, 0.15) is 53.7 Å². The van der Waals surface area contributed by atoms with Gasteiger partial charge in [-0.1, -0.05) is 42.4 Å². The first-order valence-electron chi connectivity index (χ1n) is 8.65. The van der Waals surface area contributed by atoms with Gasteiger partial charge >= 0.3 is 0 Å². The molecule has 1 amide bonds. The van der Waals surface area contributed by atoms with E-state index in [2.05, 4.69) is 46.6 Å². The van der Waals surface area contributed by atoms with Crippen molar-refractivity contribution in [3.05, 3.63) is 52.9 Å². The van der Waals surface area contributed by atoms with Gasteiger partial charge in [0, 0.05) is 25.2 Å². The van der Waals surface area contributed by atoms with Gasteiger partial charge in [0.05, 0.1) is 5.69 Å². The van der Waals surface area contributed by atoms with Crippen LogP contribution in [-0.4, -0.2) is 35.1 Å². The van der Waals surface area contributed by atoms with Crippen molar-refractivity contribution in [2.75, 3.05) is 13.1 Å². The minimum atomic E-state index is -0.0650. The summed E-state index contributed by atoms with van der Waals surface area (Å²) in [5, 5.41) is 7.12. The van der Waals surface area contributed by atoms with Crippen LogP contribution in [0.2, 0.25) is 0 Å². The molecule has 0 unspecified atom stereocenters. The third-order valence-electron chi connectivity index (χ3n) is 4.88. The minimum absolute atomic E-state index is 0.0650. The van der Waals surface area contributed by atoms with Crippen LogP contribution in [0.5, 0.6) is 0 Å². The molecule has 1 aliphatic rings. The van der Waals surface area contributed by atoms with E-state index in [9.17, 15) is 4.79 Å². The number of likely N-dealkylation sites (tertiary alicyclic amines) is 1. The maximum atomic E-state index is 12.6. The number of aromatic nitrogens is 1. The van der Waals surface area contributed by atoms with Gasteiger partial charge in [-0.2, -0.15) is 0 Å². The van der Waals surface area contributed by atoms with Crippen molar-refractivity contribution in [3.8, 4) is 0 Å². The first kappa shape index (κ1) is 16.7. The summed E-state index contributed by atoms with van der Waals surface area (Å²) in [6, 6.07) is 11.0. The predicted molar refractivity (Wildman–Crippen MR) is 92.9 cm³/mol. The van der Waals surface area contributed by atoms with Crippen molar-refractivity contribution in [3.63, 3.8) is 0 Å². The fraction of sp³-hybridized carbons (Fsp3) is 0.474. The number of carbonyl (C=O) groups is 1. The summed E-state index contributed by atoms with van der Waals surface area (Å²) in [6.45, 7) is 7.85. The third kappa shape index (κ3) is 3.36. The molecule has 0 saturated carbocycles. The molecule has 0 bridgehead atoms. The molecule has 1 N–H and O–H groups in total. The van der Waals surface area contributed by atoms with E-state index >= 15 is 0 Å². The number of carbonyl (C=O) groups excluding carboxylic acids is 1. The van der Waals surface area contributed by atoms with Crippen LogP contribution in [0.3, 0.4) is 0 Å². The Morgan fingerprint density at radius 3 is 2.88 bits per heavy atom. The Morgan fingerprint density at radius 1 is 1.42 bits per heavy atom. The zero-order valence-corrected chi connectivity index (χ0v) is 14.6. The molecule has 1 aliphatic heterocycles. The highest BCUT2D eigenvalue weighted by Gasteiger charge is 2.29. The largest absolute Gasteiger partial charge is 0.361 e. The molecule has 2 heterocycles. The topological polar surface area (TPSA) is 58.4 Å². The molecule has 1 aromatic heterocycles. The summed E-state index contributed by atoms with van der Waals surface area (Å²) in [5.74, 6) is 0.529. The molecule has 0 aliphatic carbocycles. The Kier molecular flexibility index (Phi) is 5.00. The summed E-state index contributed by atoms with van der Waals surface area (Å²) in [4.78, 5) is 15.0. The predicted octanol–water partition coefficient (Wildman–Crippen LogP) is 3.11. The molecular formula is C19H25N3O2. The highest BCUT2D eigenvalue weighted by molar-refractivity contribution is 5.96. The van der Waals surface area contributed by atoms with Crippen molar-refractivity contribution >= 4 is 5.91 Å². The van der Waals surface area contributed by atoms with Crippen molar-refractivity contribution in [1.82, 2.24) is 15.4 Å². The van der Waals surface area contributed by atoms with Crippen LogP contribution < -0.4 is 5.32 Å². The number of aryl methyl sites for hydroxylation is 2. The Labute approximate surface area is 143 Å². The van der Waals surface area contributed by atoms with Crippen LogP contribution in [0, 0.1) is 6.92 Å². The second-order valence-corrected chi connectivity index (χ2v) is 6.45. The summed E-state index contributed by atoms with van der Waals surface area (Å²) < 4.78 is 5.17. The second kappa shape index (κ2) is 7.18. The quantitative estimate of drug-likeness (QED) is 0.917. The fourth-order valence-electron chi connectivity index (χ4n) is 3.41. The number of nitrogens with one attached hydrogen (secondary N) is 1. The van der Waals surface area contributed by atoms with Gasteiger partial charge < -0.3 is 9.84 Å². The molecule has 128 valence electrons. The molecule has 0 spiro atoms. The van der Waals surface area contributed by atoms with Crippen LogP contribution in [0.25, 0.3) is 0 Å². The molecule has 2 aromatic rings. The Balaban J connectivity index is 1.62. The van der Waals surface area contributed by atoms with Crippen LogP contribution >= 0.6 is 0 Å². The van der Waals surface area contributed by atoms with Crippen molar-refractivity contribution in [2.45, 2.75) is 45.7 Å². The zero-order chi connectivity index (χ0) is 17.1. The number of benzene rings is 1. The SMILES string of the molecule is CCc1noc(C)c1C(=O)N[C@H]1CCN([C@H](C)c2ccccc2)C1. The molecule has 3 rings (SSSR count). The van der Waals surface area contributed by atoms with Crippen molar-refractivity contribution in [2.24, 2.45) is 0 Å². The highest BCUT2D eigenvalue weighted by atomic mass is 16.5. The molecule has 24 heavy (non-hydrogen) atoms. The monoisotopic (exact) mass is 327 g/mol. The smallest absolute Gasteiger partial charge is 0.257 e. The maximum absolute atomic E-state index is 12.6. The summed E-state index contributed by atoms with van der Waals surface area (Å²) in [6.07, 6.45) is 1.66. The lowest BCUT2D eigenvalue weighted by Crippen LogP contribution is -2.38. The van der Waals surface area contributed by atoms with Crippen molar-refractivity contribution in [1.29, 1.82) is 0 Å². The van der Waals surface area contributed by atoms with E-state index in [1.807, 2.05) is 13.0 Å². The lowest BCUT2D eigenvalue weighted by atomic mass is 10.1. The van der Waals surface area contributed by atoms with E-state index < -0.39 is 0 Å². The lowest BCUT2D eigenvalue weighted by molar-refractivity contribution is 0.0934. The van der Waals surface area contributed by atoms with E-state index in [0.717, 1.165) is 25.2 Å².